The number of nitrogens with one attached hydrogen (secondary N) is 1. The van der Waals surface area contributed by atoms with E-state index in [0.717, 1.165) is 24.1 Å². The van der Waals surface area contributed by atoms with E-state index in [4.69, 9.17) is 14.7 Å². The van der Waals surface area contributed by atoms with Gasteiger partial charge in [0.1, 0.15) is 0 Å². The molecule has 3 aromatic rings. The van der Waals surface area contributed by atoms with Crippen molar-refractivity contribution in [2.75, 3.05) is 44.3 Å². The summed E-state index contributed by atoms with van der Waals surface area (Å²) in [5.41, 5.74) is 2.06. The largest absolute Gasteiger partial charge is 0.390 e. The van der Waals surface area contributed by atoms with Gasteiger partial charge in [-0.2, -0.15) is 5.10 Å². The lowest BCUT2D eigenvalue weighted by Gasteiger charge is -2.37. The summed E-state index contributed by atoms with van der Waals surface area (Å²) >= 11 is 0. The second-order valence-electron chi connectivity index (χ2n) is 9.77. The first-order valence-corrected chi connectivity index (χ1v) is 11.8. The number of aliphatic hydroxyl groups is 1. The number of hydrogen-bond acceptors (Lipinski definition) is 8. The van der Waals surface area contributed by atoms with Crippen LogP contribution in [0.5, 0.6) is 0 Å². The Morgan fingerprint density at radius 3 is 2.47 bits per heavy atom. The fraction of sp³-hybridized carbons (Fsp3) is 0.609. The van der Waals surface area contributed by atoms with Gasteiger partial charge in [-0.05, 0) is 39.5 Å². The quantitative estimate of drug-likeness (QED) is 0.590. The maximum absolute atomic E-state index is 13.3. The summed E-state index contributed by atoms with van der Waals surface area (Å²) in [4.78, 5) is 34.6. The molecule has 0 aromatic carbocycles. The zero-order chi connectivity index (χ0) is 24.0. The minimum Gasteiger partial charge on any atom is -0.390 e. The Morgan fingerprint density at radius 2 is 1.85 bits per heavy atom. The number of carbonyl (C=O) groups is 1. The van der Waals surface area contributed by atoms with Crippen LogP contribution in [-0.4, -0.2) is 90.6 Å². The molecule has 182 valence electrons. The highest BCUT2D eigenvalue weighted by Crippen LogP contribution is 2.30. The molecule has 5 rings (SSSR count). The van der Waals surface area contributed by atoms with E-state index in [9.17, 15) is 9.90 Å². The summed E-state index contributed by atoms with van der Waals surface area (Å²) in [6, 6.07) is 0. The number of hydrogen-bond donors (Lipinski definition) is 2. The lowest BCUT2D eigenvalue weighted by molar-refractivity contribution is -0.0109. The Morgan fingerprint density at radius 1 is 1.15 bits per heavy atom. The molecule has 1 amide bonds. The fourth-order valence-corrected chi connectivity index (χ4v) is 4.86. The second-order valence-corrected chi connectivity index (χ2v) is 9.77. The summed E-state index contributed by atoms with van der Waals surface area (Å²) in [7, 11) is 1.87. The third-order valence-corrected chi connectivity index (χ3v) is 6.87. The van der Waals surface area contributed by atoms with Gasteiger partial charge in [-0.3, -0.25) is 9.48 Å². The van der Waals surface area contributed by atoms with Crippen molar-refractivity contribution in [2.24, 2.45) is 13.0 Å². The van der Waals surface area contributed by atoms with Crippen molar-refractivity contribution >= 4 is 22.9 Å². The van der Waals surface area contributed by atoms with Gasteiger partial charge in [-0.1, -0.05) is 0 Å². The molecule has 2 N–H and O–H groups in total. The summed E-state index contributed by atoms with van der Waals surface area (Å²) < 4.78 is 7.26. The molecule has 3 aromatic heterocycles. The monoisotopic (exact) mass is 468 g/mol. The number of fused-ring (bicyclic) bond motifs is 1. The zero-order valence-corrected chi connectivity index (χ0v) is 20.2. The van der Waals surface area contributed by atoms with Crippen molar-refractivity contribution in [2.45, 2.75) is 39.2 Å². The molecule has 0 saturated carbocycles. The third kappa shape index (κ3) is 4.25. The maximum Gasteiger partial charge on any atom is 0.289 e. The molecule has 0 atom stereocenters. The molecule has 2 aliphatic rings. The van der Waals surface area contributed by atoms with E-state index < -0.39 is 5.60 Å². The number of carbonyl (C=O) groups excluding carboxylic acids is 1. The van der Waals surface area contributed by atoms with Crippen LogP contribution < -0.4 is 4.90 Å². The summed E-state index contributed by atoms with van der Waals surface area (Å²) in [5, 5.41) is 14.7. The topological polar surface area (TPSA) is 125 Å². The minimum atomic E-state index is -0.738. The number of nitrogens with zero attached hydrogens (tertiary/aromatic N) is 7. The average molecular weight is 469 g/mol. The Kier molecular flexibility index (Phi) is 5.76. The van der Waals surface area contributed by atoms with Gasteiger partial charge in [-0.15, -0.1) is 0 Å². The lowest BCUT2D eigenvalue weighted by Crippen LogP contribution is -2.44. The van der Waals surface area contributed by atoms with E-state index in [0.29, 0.717) is 62.2 Å². The van der Waals surface area contributed by atoms with E-state index in [1.165, 1.54) is 0 Å². The van der Waals surface area contributed by atoms with Gasteiger partial charge in [0, 0.05) is 39.4 Å². The molecule has 0 spiro atoms. The van der Waals surface area contributed by atoms with Crippen LogP contribution in [0, 0.1) is 12.8 Å². The number of piperidine rings is 1. The number of rotatable bonds is 4. The molecule has 0 aliphatic carbocycles. The van der Waals surface area contributed by atoms with E-state index in [1.54, 1.807) is 9.58 Å². The summed E-state index contributed by atoms with van der Waals surface area (Å²) in [6.07, 6.45) is 3.42. The molecule has 5 heterocycles. The molecular formula is C23H32N8O3. The van der Waals surface area contributed by atoms with Crippen LogP contribution in [0.1, 0.15) is 43.0 Å². The number of anilines is 1. The molecule has 0 unspecified atom stereocenters. The predicted octanol–water partition coefficient (Wildman–Crippen LogP) is 1.52. The van der Waals surface area contributed by atoms with Gasteiger partial charge in [0.05, 0.1) is 30.1 Å². The van der Waals surface area contributed by atoms with Crippen LogP contribution in [-0.2, 0) is 11.8 Å². The number of amides is 1. The number of morpholine rings is 1. The summed E-state index contributed by atoms with van der Waals surface area (Å²) in [5.74, 6) is 1.53. The lowest BCUT2D eigenvalue weighted by atomic mass is 9.83. The molecule has 11 heteroatoms. The maximum atomic E-state index is 13.3. The molecule has 0 bridgehead atoms. The normalized spacial score (nSPS) is 18.1. The van der Waals surface area contributed by atoms with Gasteiger partial charge in [0.2, 0.25) is 0 Å². The van der Waals surface area contributed by atoms with Crippen LogP contribution in [0.3, 0.4) is 0 Å². The van der Waals surface area contributed by atoms with Crippen molar-refractivity contribution in [1.29, 1.82) is 0 Å². The Bertz CT molecular complexity index is 1200. The molecule has 2 saturated heterocycles. The smallest absolute Gasteiger partial charge is 0.289 e. The van der Waals surface area contributed by atoms with E-state index >= 15 is 0 Å². The Hall–Kier alpha value is -3.05. The van der Waals surface area contributed by atoms with E-state index in [2.05, 4.69) is 20.0 Å². The molecule has 0 radical (unpaired) electrons. The van der Waals surface area contributed by atoms with Gasteiger partial charge >= 0.3 is 0 Å². The van der Waals surface area contributed by atoms with E-state index in [-0.39, 0.29) is 17.6 Å². The van der Waals surface area contributed by atoms with Gasteiger partial charge in [-0.25, -0.2) is 15.0 Å². The first kappa shape index (κ1) is 22.7. The highest BCUT2D eigenvalue weighted by molar-refractivity contribution is 5.96. The van der Waals surface area contributed by atoms with Crippen molar-refractivity contribution in [3.63, 3.8) is 0 Å². The SMILES string of the molecule is Cc1nn(C)cc1-c1nc(N2CCOCC2)c2nc(C(=O)N3CCC(C(C)(C)O)CC3)[nH]c2n1. The third-order valence-electron chi connectivity index (χ3n) is 6.87. The number of likely N-dealkylation sites (tertiary alicyclic amines) is 1. The number of aryl methyl sites for hydroxylation is 2. The molecule has 2 fully saturated rings. The van der Waals surface area contributed by atoms with Gasteiger partial charge in [0.25, 0.3) is 5.91 Å². The molecule has 2 aliphatic heterocycles. The van der Waals surface area contributed by atoms with Gasteiger partial charge in [0.15, 0.2) is 28.6 Å². The highest BCUT2D eigenvalue weighted by Gasteiger charge is 2.33. The van der Waals surface area contributed by atoms with Crippen LogP contribution in [0.25, 0.3) is 22.6 Å². The zero-order valence-electron chi connectivity index (χ0n) is 20.2. The van der Waals surface area contributed by atoms with Crippen LogP contribution in [0.15, 0.2) is 6.20 Å². The van der Waals surface area contributed by atoms with Crippen LogP contribution >= 0.6 is 0 Å². The second kappa shape index (κ2) is 8.62. The van der Waals surface area contributed by atoms with Crippen molar-refractivity contribution in [3.8, 4) is 11.4 Å². The van der Waals surface area contributed by atoms with E-state index in [1.807, 2.05) is 34.0 Å². The van der Waals surface area contributed by atoms with Crippen LogP contribution in [0.2, 0.25) is 0 Å². The number of ether oxygens (including phenoxy) is 1. The van der Waals surface area contributed by atoms with Crippen molar-refractivity contribution < 1.29 is 14.6 Å². The predicted molar refractivity (Wildman–Crippen MR) is 127 cm³/mol. The minimum absolute atomic E-state index is 0.153. The first-order chi connectivity index (χ1) is 16.2. The van der Waals surface area contributed by atoms with Crippen molar-refractivity contribution in [3.05, 3.63) is 17.7 Å². The highest BCUT2D eigenvalue weighted by atomic mass is 16.5. The van der Waals surface area contributed by atoms with Gasteiger partial charge < -0.3 is 24.6 Å². The molecule has 34 heavy (non-hydrogen) atoms. The number of aromatic amines is 1. The standard InChI is InChI=1S/C23H32N8O3/c1-14-16(13-29(4)28-14)18-25-19-17(21(27-18)30-9-11-34-12-10-30)24-20(26-19)22(32)31-7-5-15(6-8-31)23(2,3)33/h13,15,33H,5-12H2,1-4H3,(H,24,25,26,27). The Labute approximate surface area is 198 Å². The molecule has 11 nitrogen and oxygen atoms in total. The number of aromatic nitrogens is 6. The summed E-state index contributed by atoms with van der Waals surface area (Å²) in [6.45, 7) is 9.38. The Balaban J connectivity index is 1.50. The fourth-order valence-electron chi connectivity index (χ4n) is 4.86. The average Bonchev–Trinajstić information content (AvgIpc) is 3.40. The van der Waals surface area contributed by atoms with Crippen molar-refractivity contribution in [1.82, 2.24) is 34.6 Å². The first-order valence-electron chi connectivity index (χ1n) is 11.8. The number of imidazole rings is 1. The van der Waals surface area contributed by atoms with Crippen LogP contribution in [0.4, 0.5) is 5.82 Å². The number of H-pyrrole nitrogens is 1. The molecular weight excluding hydrogens is 436 g/mol.